The number of benzene rings is 8. The highest BCUT2D eigenvalue weighted by Crippen LogP contribution is 2.47. The van der Waals surface area contributed by atoms with Crippen molar-refractivity contribution in [3.63, 3.8) is 0 Å². The smallest absolute Gasteiger partial charge is 0.256 e. The van der Waals surface area contributed by atoms with Gasteiger partial charge in [-0.25, -0.2) is 0 Å². The Kier molecular flexibility index (Phi) is 8.76. The normalized spacial score (nSPS) is 13.0. The summed E-state index contributed by atoms with van der Waals surface area (Å²) in [5.74, 6) is 1.81. The summed E-state index contributed by atoms with van der Waals surface area (Å²) in [7, 11) is 0. The van der Waals surface area contributed by atoms with Crippen molar-refractivity contribution in [2.24, 2.45) is 0 Å². The van der Waals surface area contributed by atoms with Crippen LogP contribution in [0, 0.1) is 0 Å². The molecule has 2 aliphatic rings. The average molecular weight is 762 g/mol. The van der Waals surface area contributed by atoms with Gasteiger partial charge in [0, 0.05) is 16.9 Å². The molecule has 0 spiro atoms. The number of anilines is 3. The third-order valence-electron chi connectivity index (χ3n) is 12.2. The van der Waals surface area contributed by atoms with Crippen LogP contribution in [0.1, 0.15) is 52.7 Å². The van der Waals surface area contributed by atoms with E-state index in [0.29, 0.717) is 0 Å². The van der Waals surface area contributed by atoms with Crippen LogP contribution >= 0.6 is 0 Å². The van der Waals surface area contributed by atoms with E-state index in [9.17, 15) is 0 Å². The number of hydrogen-bond donors (Lipinski definition) is 0. The fourth-order valence-electron chi connectivity index (χ4n) is 8.98. The van der Waals surface area contributed by atoms with Crippen molar-refractivity contribution >= 4 is 40.2 Å². The molecule has 8 aromatic carbocycles. The van der Waals surface area contributed by atoms with Crippen LogP contribution in [0.2, 0.25) is 0 Å². The summed E-state index contributed by atoms with van der Waals surface area (Å²) in [4.78, 5) is 2.52. The Morgan fingerprint density at radius 2 is 0.915 bits per heavy atom. The lowest BCUT2D eigenvalue weighted by molar-refractivity contribution is 0.487. The highest BCUT2D eigenvalue weighted by Gasteiger charge is 2.42. The first kappa shape index (κ1) is 36.7. The number of hydrogen-bond acceptors (Lipinski definition) is 2. The summed E-state index contributed by atoms with van der Waals surface area (Å²) in [5, 5.41) is 0. The molecule has 59 heavy (non-hydrogen) atoms. The highest BCUT2D eigenvalue weighted by atomic mass is 16.5. The molecule has 2 nitrogen and oxygen atoms in total. The van der Waals surface area contributed by atoms with Crippen molar-refractivity contribution in [3.8, 4) is 56.0 Å². The molecule has 0 fully saturated rings. The van der Waals surface area contributed by atoms with Crippen molar-refractivity contribution in [1.29, 1.82) is 0 Å². The van der Waals surface area contributed by atoms with Crippen molar-refractivity contribution in [3.05, 3.63) is 193 Å². The van der Waals surface area contributed by atoms with Gasteiger partial charge in [-0.3, -0.25) is 0 Å². The van der Waals surface area contributed by atoms with Gasteiger partial charge >= 0.3 is 0 Å². The molecule has 0 saturated carbocycles. The molecule has 0 amide bonds. The minimum absolute atomic E-state index is 0.0200. The zero-order valence-corrected chi connectivity index (χ0v) is 34.8. The van der Waals surface area contributed by atoms with Gasteiger partial charge in [-0.1, -0.05) is 187 Å². The average Bonchev–Trinajstić information content (AvgIpc) is 3.26. The van der Waals surface area contributed by atoms with Crippen LogP contribution in [0.5, 0.6) is 11.5 Å². The molecule has 10 rings (SSSR count). The molecule has 2 heterocycles. The van der Waals surface area contributed by atoms with E-state index in [1.54, 1.807) is 0 Å². The largest absolute Gasteiger partial charge is 0.458 e. The van der Waals surface area contributed by atoms with Crippen LogP contribution in [0.4, 0.5) is 17.1 Å². The number of ether oxygens (including phenoxy) is 1. The van der Waals surface area contributed by atoms with E-state index in [2.05, 4.69) is 228 Å². The van der Waals surface area contributed by atoms with E-state index >= 15 is 0 Å². The van der Waals surface area contributed by atoms with Gasteiger partial charge in [-0.05, 0) is 114 Å². The molecule has 2 aliphatic heterocycles. The molecule has 0 bridgehead atoms. The van der Waals surface area contributed by atoms with E-state index in [1.807, 2.05) is 0 Å². The van der Waals surface area contributed by atoms with Crippen LogP contribution < -0.4 is 26.0 Å². The summed E-state index contributed by atoms with van der Waals surface area (Å²) < 4.78 is 6.88. The van der Waals surface area contributed by atoms with E-state index < -0.39 is 0 Å². The maximum Gasteiger partial charge on any atom is 0.256 e. The maximum absolute atomic E-state index is 6.88. The Morgan fingerprint density at radius 1 is 0.373 bits per heavy atom. The molecule has 3 heteroatoms. The molecule has 8 aromatic rings. The van der Waals surface area contributed by atoms with Gasteiger partial charge in [0.15, 0.2) is 0 Å². The van der Waals surface area contributed by atoms with Crippen LogP contribution in [-0.4, -0.2) is 6.71 Å². The molecule has 0 atom stereocenters. The zero-order chi connectivity index (χ0) is 40.5. The zero-order valence-electron chi connectivity index (χ0n) is 34.8. The second-order valence-corrected chi connectivity index (χ2v) is 18.2. The van der Waals surface area contributed by atoms with Gasteiger partial charge in [0.05, 0.1) is 5.69 Å². The fraction of sp³-hybridized carbons (Fsp3) is 0.143. The molecule has 0 N–H and O–H groups in total. The van der Waals surface area contributed by atoms with Gasteiger partial charge in [-0.15, -0.1) is 0 Å². The molecule has 0 saturated heterocycles. The van der Waals surface area contributed by atoms with Crippen LogP contribution in [0.25, 0.3) is 44.5 Å². The van der Waals surface area contributed by atoms with E-state index in [4.69, 9.17) is 4.74 Å². The third-order valence-corrected chi connectivity index (χ3v) is 12.2. The summed E-state index contributed by atoms with van der Waals surface area (Å²) in [6, 6.07) is 66.9. The molecular weight excluding hydrogens is 713 g/mol. The predicted molar refractivity (Wildman–Crippen MR) is 251 cm³/mol. The van der Waals surface area contributed by atoms with Gasteiger partial charge in [0.25, 0.3) is 6.71 Å². The SMILES string of the molecule is CC(C)(C)c1cc(-c2cc(-c3ccccc3)ccc2N2c3cc(-c4ccccc4)ccc3B3c4cc(-c5ccccc5)ccc4Oc4cccc2c43)cc(C(C)(C)C)c1. The van der Waals surface area contributed by atoms with E-state index in [1.165, 1.54) is 77.7 Å². The first-order valence-corrected chi connectivity index (χ1v) is 20.9. The lowest BCUT2D eigenvalue weighted by atomic mass is 9.34. The van der Waals surface area contributed by atoms with Crippen LogP contribution in [-0.2, 0) is 10.8 Å². The van der Waals surface area contributed by atoms with Gasteiger partial charge in [0.1, 0.15) is 11.5 Å². The molecule has 0 unspecified atom stereocenters. The van der Waals surface area contributed by atoms with E-state index in [0.717, 1.165) is 22.9 Å². The maximum atomic E-state index is 6.88. The number of fused-ring (bicyclic) bond motifs is 4. The number of rotatable bonds is 5. The van der Waals surface area contributed by atoms with Crippen LogP contribution in [0.15, 0.2) is 182 Å². The van der Waals surface area contributed by atoms with Gasteiger partial charge in [0.2, 0.25) is 0 Å². The predicted octanol–water partition coefficient (Wildman–Crippen LogP) is 13.4. The Bertz CT molecular complexity index is 2830. The highest BCUT2D eigenvalue weighted by molar-refractivity contribution is 6.99. The summed E-state index contributed by atoms with van der Waals surface area (Å²) in [6.07, 6.45) is 0. The van der Waals surface area contributed by atoms with Crippen molar-refractivity contribution in [2.75, 3.05) is 4.90 Å². The van der Waals surface area contributed by atoms with Crippen molar-refractivity contribution < 1.29 is 4.74 Å². The van der Waals surface area contributed by atoms with Gasteiger partial charge < -0.3 is 9.64 Å². The lowest BCUT2D eigenvalue weighted by Gasteiger charge is -2.41. The first-order chi connectivity index (χ1) is 28.5. The molecule has 0 aromatic heterocycles. The van der Waals surface area contributed by atoms with E-state index in [-0.39, 0.29) is 17.5 Å². The fourth-order valence-corrected chi connectivity index (χ4v) is 8.98. The minimum Gasteiger partial charge on any atom is -0.458 e. The molecule has 0 radical (unpaired) electrons. The molecule has 0 aliphatic carbocycles. The first-order valence-electron chi connectivity index (χ1n) is 20.9. The second kappa shape index (κ2) is 14.1. The van der Waals surface area contributed by atoms with Crippen molar-refractivity contribution in [1.82, 2.24) is 0 Å². The van der Waals surface area contributed by atoms with Gasteiger partial charge in [-0.2, -0.15) is 0 Å². The Labute approximate surface area is 349 Å². The van der Waals surface area contributed by atoms with Crippen LogP contribution in [0.3, 0.4) is 0 Å². The monoisotopic (exact) mass is 761 g/mol. The summed E-state index contributed by atoms with van der Waals surface area (Å²) in [6.45, 7) is 13.9. The summed E-state index contributed by atoms with van der Waals surface area (Å²) in [5.41, 5.74) is 19.2. The quantitative estimate of drug-likeness (QED) is 0.162. The molecular formula is C56H48BNO. The molecule has 286 valence electrons. The standard InChI is InChI=1S/C56H48BNO/c1-55(2,3)44-31-43(32-45(36-44)56(4,5)6)46-33-40(37-17-10-7-11-18-37)26-29-49(46)58-50-23-16-24-53-54(50)57(47-28-25-42(35-51(47)58)39-21-14-9-15-22-39)48-34-41(27-30-52(48)59-53)38-19-12-8-13-20-38/h7-36H,1-6H3. The minimum atomic E-state index is -0.0371. The topological polar surface area (TPSA) is 12.5 Å². The lowest BCUT2D eigenvalue weighted by Crippen LogP contribution is -2.59. The Hall–Kier alpha value is -6.58. The number of nitrogens with zero attached hydrogens (tertiary/aromatic N) is 1. The second-order valence-electron chi connectivity index (χ2n) is 18.2. The van der Waals surface area contributed by atoms with Crippen molar-refractivity contribution in [2.45, 2.75) is 52.4 Å². The summed E-state index contributed by atoms with van der Waals surface area (Å²) >= 11 is 0. The third kappa shape index (κ3) is 6.56. The Morgan fingerprint density at radius 3 is 1.51 bits per heavy atom. The Balaban J connectivity index is 1.27.